The quantitative estimate of drug-likeness (QED) is 0.492. The van der Waals surface area contributed by atoms with Crippen molar-refractivity contribution in [2.24, 2.45) is 0 Å². The molecule has 10 heteroatoms. The van der Waals surface area contributed by atoms with E-state index >= 15 is 0 Å². The maximum atomic E-state index is 12.9. The molecule has 0 bridgehead atoms. The molecule has 0 unspecified atom stereocenters. The number of rotatable bonds is 7. The zero-order valence-electron chi connectivity index (χ0n) is 16.3. The average molecular weight is 402 g/mol. The molecule has 1 aromatic carbocycles. The fourth-order valence-electron chi connectivity index (χ4n) is 3.19. The van der Waals surface area contributed by atoms with E-state index in [0.717, 1.165) is 18.8 Å². The van der Waals surface area contributed by atoms with Crippen molar-refractivity contribution in [3.63, 3.8) is 0 Å². The summed E-state index contributed by atoms with van der Waals surface area (Å²) in [6.45, 7) is 2.63. The number of hydrogen-bond acceptors (Lipinski definition) is 7. The number of benzene rings is 1. The molecule has 0 saturated carbocycles. The van der Waals surface area contributed by atoms with Crippen molar-refractivity contribution in [2.45, 2.75) is 18.9 Å². The van der Waals surface area contributed by atoms with Gasteiger partial charge in [0.15, 0.2) is 0 Å². The number of hydrogen-bond donors (Lipinski definition) is 4. The highest BCUT2D eigenvalue weighted by atomic mass is 16.4. The van der Waals surface area contributed by atoms with E-state index in [0.29, 0.717) is 18.7 Å². The van der Waals surface area contributed by atoms with Crippen LogP contribution in [0.25, 0.3) is 0 Å². The number of hydrazine groups is 2. The molecular weight excluding hydrogens is 376 g/mol. The van der Waals surface area contributed by atoms with Crippen molar-refractivity contribution >= 4 is 23.5 Å². The van der Waals surface area contributed by atoms with Crippen LogP contribution in [-0.4, -0.2) is 72.0 Å². The Morgan fingerprint density at radius 3 is 2.41 bits per heavy atom. The summed E-state index contributed by atoms with van der Waals surface area (Å²) in [5.74, 6) is -1.64. The van der Waals surface area contributed by atoms with E-state index in [1.54, 1.807) is 46.6 Å². The van der Waals surface area contributed by atoms with Crippen LogP contribution in [0, 0.1) is 0 Å². The minimum absolute atomic E-state index is 0.0541. The highest BCUT2D eigenvalue weighted by Crippen LogP contribution is 2.15. The standard InChI is InChI=1S/C19H26N6O4/c1-23-10-12-24(13-11-23)19(29)16(6-7-17(26)27)21-18(28)14-2-4-15(5-3-14)25-9-8-20-22-25/h2-5,8-9,16,20,22H,6-7,10-13H2,1H3,(H,21,28)(H,26,27)/t16-/m0/s1. The number of amides is 2. The lowest BCUT2D eigenvalue weighted by atomic mass is 10.1. The average Bonchev–Trinajstić information content (AvgIpc) is 3.26. The van der Waals surface area contributed by atoms with Crippen LogP contribution in [0.4, 0.5) is 5.69 Å². The molecule has 4 N–H and O–H groups in total. The van der Waals surface area contributed by atoms with Gasteiger partial charge in [-0.3, -0.25) is 19.4 Å². The summed E-state index contributed by atoms with van der Waals surface area (Å²) in [5.41, 5.74) is 6.96. The van der Waals surface area contributed by atoms with Crippen LogP contribution < -0.4 is 21.3 Å². The zero-order chi connectivity index (χ0) is 20.8. The number of carbonyl (C=O) groups excluding carboxylic acids is 2. The van der Waals surface area contributed by atoms with Gasteiger partial charge in [0.05, 0.1) is 5.69 Å². The molecule has 1 aromatic rings. The minimum atomic E-state index is -1.00. The first-order valence-corrected chi connectivity index (χ1v) is 9.51. The molecule has 10 nitrogen and oxygen atoms in total. The first-order valence-electron chi connectivity index (χ1n) is 9.51. The third kappa shape index (κ3) is 5.46. The van der Waals surface area contributed by atoms with Crippen molar-refractivity contribution < 1.29 is 19.5 Å². The topological polar surface area (TPSA) is 117 Å². The molecule has 2 aliphatic heterocycles. The van der Waals surface area contributed by atoms with Crippen LogP contribution in [-0.2, 0) is 9.59 Å². The first kappa shape index (κ1) is 20.6. The zero-order valence-corrected chi connectivity index (χ0v) is 16.3. The van der Waals surface area contributed by atoms with Gasteiger partial charge in [-0.05, 0) is 37.7 Å². The molecule has 2 heterocycles. The number of nitrogens with one attached hydrogen (secondary N) is 3. The fraction of sp³-hybridized carbons (Fsp3) is 0.421. The second kappa shape index (κ2) is 9.39. The van der Waals surface area contributed by atoms with Gasteiger partial charge in [0.25, 0.3) is 5.91 Å². The summed E-state index contributed by atoms with van der Waals surface area (Å²) in [6, 6.07) is 6.00. The monoisotopic (exact) mass is 402 g/mol. The van der Waals surface area contributed by atoms with Gasteiger partial charge in [-0.25, -0.2) is 0 Å². The van der Waals surface area contributed by atoms with Crippen molar-refractivity contribution in [1.82, 2.24) is 26.1 Å². The van der Waals surface area contributed by atoms with Gasteiger partial charge in [-0.1, -0.05) is 0 Å². The second-order valence-corrected chi connectivity index (χ2v) is 7.08. The summed E-state index contributed by atoms with van der Waals surface area (Å²) in [5, 5.41) is 13.5. The predicted octanol–water partition coefficient (Wildman–Crippen LogP) is -0.276. The number of carbonyl (C=O) groups is 3. The molecule has 0 aromatic heterocycles. The predicted molar refractivity (Wildman–Crippen MR) is 107 cm³/mol. The summed E-state index contributed by atoms with van der Waals surface area (Å²) >= 11 is 0. The molecule has 1 saturated heterocycles. The van der Waals surface area contributed by atoms with Crippen molar-refractivity contribution in [3.05, 3.63) is 42.2 Å². The highest BCUT2D eigenvalue weighted by Gasteiger charge is 2.28. The molecule has 1 fully saturated rings. The van der Waals surface area contributed by atoms with E-state index in [2.05, 4.69) is 21.2 Å². The molecule has 0 spiro atoms. The number of piperazine rings is 1. The maximum Gasteiger partial charge on any atom is 0.303 e. The highest BCUT2D eigenvalue weighted by molar-refractivity contribution is 5.98. The number of carboxylic acid groups (broad SMARTS) is 1. The van der Waals surface area contributed by atoms with E-state index in [-0.39, 0.29) is 18.7 Å². The molecule has 29 heavy (non-hydrogen) atoms. The molecule has 3 rings (SSSR count). The SMILES string of the molecule is CN1CCN(C(=O)[C@H](CCC(=O)O)NC(=O)c2ccc(N3C=CNN3)cc2)CC1. The number of carboxylic acids is 1. The lowest BCUT2D eigenvalue weighted by molar-refractivity contribution is -0.138. The lowest BCUT2D eigenvalue weighted by Crippen LogP contribution is -2.54. The molecular formula is C19H26N6O4. The Kier molecular flexibility index (Phi) is 6.68. The van der Waals surface area contributed by atoms with Gasteiger partial charge in [0, 0.05) is 50.6 Å². The van der Waals surface area contributed by atoms with Gasteiger partial charge in [0.2, 0.25) is 5.91 Å². The summed E-state index contributed by atoms with van der Waals surface area (Å²) < 4.78 is 0. The fourth-order valence-corrected chi connectivity index (χ4v) is 3.19. The molecule has 0 radical (unpaired) electrons. The number of anilines is 1. The molecule has 156 valence electrons. The second-order valence-electron chi connectivity index (χ2n) is 7.08. The Morgan fingerprint density at radius 1 is 1.14 bits per heavy atom. The lowest BCUT2D eigenvalue weighted by Gasteiger charge is -2.34. The van der Waals surface area contributed by atoms with Gasteiger partial charge >= 0.3 is 5.97 Å². The summed E-state index contributed by atoms with van der Waals surface area (Å²) in [6.07, 6.45) is 3.39. The normalized spacial score (nSPS) is 17.7. The van der Waals surface area contributed by atoms with Crippen LogP contribution in [0.3, 0.4) is 0 Å². The number of aliphatic carboxylic acids is 1. The van der Waals surface area contributed by atoms with E-state index in [1.165, 1.54) is 0 Å². The first-order chi connectivity index (χ1) is 13.9. The van der Waals surface area contributed by atoms with Gasteiger partial charge < -0.3 is 25.6 Å². The summed E-state index contributed by atoms with van der Waals surface area (Å²) in [7, 11) is 1.98. The maximum absolute atomic E-state index is 12.9. The molecule has 1 atom stereocenters. The van der Waals surface area contributed by atoms with E-state index in [1.807, 2.05) is 7.05 Å². The largest absolute Gasteiger partial charge is 0.481 e. The van der Waals surface area contributed by atoms with Gasteiger partial charge in [-0.15, -0.1) is 5.53 Å². The van der Waals surface area contributed by atoms with E-state index in [9.17, 15) is 14.4 Å². The van der Waals surface area contributed by atoms with Crippen LogP contribution >= 0.6 is 0 Å². The van der Waals surface area contributed by atoms with E-state index < -0.39 is 17.9 Å². The Bertz CT molecular complexity index is 773. The van der Waals surface area contributed by atoms with Crippen LogP contribution in [0.15, 0.2) is 36.7 Å². The van der Waals surface area contributed by atoms with Crippen LogP contribution in [0.2, 0.25) is 0 Å². The number of likely N-dealkylation sites (N-methyl/N-ethyl adjacent to an activating group) is 1. The minimum Gasteiger partial charge on any atom is -0.481 e. The summed E-state index contributed by atoms with van der Waals surface area (Å²) in [4.78, 5) is 40.4. The third-order valence-corrected chi connectivity index (χ3v) is 4.96. The van der Waals surface area contributed by atoms with Crippen LogP contribution in [0.1, 0.15) is 23.2 Å². The number of nitrogens with zero attached hydrogens (tertiary/aromatic N) is 3. The Labute approximate surface area is 169 Å². The Hall–Kier alpha value is -3.11. The van der Waals surface area contributed by atoms with Gasteiger partial charge in [0.1, 0.15) is 6.04 Å². The smallest absolute Gasteiger partial charge is 0.303 e. The molecule has 0 aliphatic carbocycles. The van der Waals surface area contributed by atoms with Gasteiger partial charge in [-0.2, -0.15) is 0 Å². The third-order valence-electron chi connectivity index (χ3n) is 4.96. The van der Waals surface area contributed by atoms with E-state index in [4.69, 9.17) is 5.11 Å². The molecule has 2 amide bonds. The van der Waals surface area contributed by atoms with Crippen LogP contribution in [0.5, 0.6) is 0 Å². The Morgan fingerprint density at radius 2 is 1.83 bits per heavy atom. The molecule has 2 aliphatic rings. The van der Waals surface area contributed by atoms with Crippen molar-refractivity contribution in [2.75, 3.05) is 38.2 Å². The van der Waals surface area contributed by atoms with Crippen molar-refractivity contribution in [1.29, 1.82) is 0 Å². The van der Waals surface area contributed by atoms with Crippen molar-refractivity contribution in [3.8, 4) is 0 Å². The Balaban J connectivity index is 1.65.